The predicted octanol–water partition coefficient (Wildman–Crippen LogP) is 1.67. The van der Waals surface area contributed by atoms with Crippen LogP contribution in [-0.4, -0.2) is 22.8 Å². The van der Waals surface area contributed by atoms with E-state index in [-0.39, 0.29) is 11.8 Å². The van der Waals surface area contributed by atoms with Crippen LogP contribution in [0.1, 0.15) is 19.4 Å². The summed E-state index contributed by atoms with van der Waals surface area (Å²) in [4.78, 5) is 10.5. The summed E-state index contributed by atoms with van der Waals surface area (Å²) < 4.78 is 0. The van der Waals surface area contributed by atoms with Crippen LogP contribution >= 0.6 is 0 Å². The van der Waals surface area contributed by atoms with Crippen molar-refractivity contribution in [1.82, 2.24) is 5.43 Å². The number of carboxylic acids is 1. The van der Waals surface area contributed by atoms with Crippen LogP contribution in [0.25, 0.3) is 0 Å². The van der Waals surface area contributed by atoms with Crippen molar-refractivity contribution < 1.29 is 9.90 Å². The molecule has 0 amide bonds. The van der Waals surface area contributed by atoms with E-state index in [9.17, 15) is 4.79 Å². The molecule has 0 spiro atoms. The molecule has 0 aromatic heterocycles. The number of rotatable bonds is 5. The van der Waals surface area contributed by atoms with Crippen LogP contribution in [0.2, 0.25) is 0 Å². The zero-order valence-corrected chi connectivity index (χ0v) is 9.47. The average molecular weight is 220 g/mol. The van der Waals surface area contributed by atoms with Crippen molar-refractivity contribution in [3.8, 4) is 0 Å². The number of nitrogens with zero attached hydrogens (tertiary/aromatic N) is 1. The fraction of sp³-hybridized carbons (Fsp3) is 0.333. The number of carbonyl (C=O) groups is 1. The zero-order valence-electron chi connectivity index (χ0n) is 9.47. The summed E-state index contributed by atoms with van der Waals surface area (Å²) in [6.07, 6.45) is 0.817. The molecule has 0 aliphatic rings. The van der Waals surface area contributed by atoms with Gasteiger partial charge >= 0.3 is 5.97 Å². The molecule has 0 radical (unpaired) electrons. The van der Waals surface area contributed by atoms with Crippen LogP contribution in [0.3, 0.4) is 0 Å². The Morgan fingerprint density at radius 2 is 2.06 bits per heavy atom. The first kappa shape index (κ1) is 12.2. The molecule has 0 bridgehead atoms. The molecule has 1 unspecified atom stereocenters. The number of carboxylic acid groups (broad SMARTS) is 1. The Morgan fingerprint density at radius 3 is 2.62 bits per heavy atom. The molecule has 0 saturated carbocycles. The Bertz CT molecular complexity index is 374. The zero-order chi connectivity index (χ0) is 12.0. The molecular weight excluding hydrogens is 204 g/mol. The molecule has 0 aliphatic heterocycles. The Hall–Kier alpha value is -1.84. The summed E-state index contributed by atoms with van der Waals surface area (Å²) in [6.45, 7) is 3.43. The molecule has 4 nitrogen and oxygen atoms in total. The highest BCUT2D eigenvalue weighted by Crippen LogP contribution is 2.02. The molecule has 4 heteroatoms. The van der Waals surface area contributed by atoms with Gasteiger partial charge in [0.2, 0.25) is 0 Å². The van der Waals surface area contributed by atoms with Gasteiger partial charge in [0.25, 0.3) is 0 Å². The molecule has 0 fully saturated rings. The summed E-state index contributed by atoms with van der Waals surface area (Å²) >= 11 is 0. The van der Waals surface area contributed by atoms with E-state index >= 15 is 0 Å². The summed E-state index contributed by atoms with van der Waals surface area (Å²) in [5, 5.41) is 12.4. The van der Waals surface area contributed by atoms with Gasteiger partial charge in [0, 0.05) is 6.04 Å². The Morgan fingerprint density at radius 1 is 1.44 bits per heavy atom. The van der Waals surface area contributed by atoms with E-state index in [0.29, 0.717) is 0 Å². The van der Waals surface area contributed by atoms with E-state index in [1.807, 2.05) is 37.3 Å². The average Bonchev–Trinajstić information content (AvgIpc) is 2.27. The van der Waals surface area contributed by atoms with Gasteiger partial charge in [-0.3, -0.25) is 0 Å². The molecule has 0 heterocycles. The SMILES string of the molecule is C/C(=N\NC(C)Cc1ccccc1)C(=O)O. The molecule has 16 heavy (non-hydrogen) atoms. The monoisotopic (exact) mass is 220 g/mol. The smallest absolute Gasteiger partial charge is 0.351 e. The highest BCUT2D eigenvalue weighted by molar-refractivity contribution is 6.34. The molecule has 2 N–H and O–H groups in total. The second kappa shape index (κ2) is 5.90. The maximum absolute atomic E-state index is 10.5. The molecular formula is C12H16N2O2. The minimum atomic E-state index is -1.00. The van der Waals surface area contributed by atoms with Crippen molar-refractivity contribution in [2.45, 2.75) is 26.3 Å². The normalized spacial score (nSPS) is 13.2. The number of aliphatic carboxylic acids is 1. The summed E-state index contributed by atoms with van der Waals surface area (Å²) in [7, 11) is 0. The summed E-state index contributed by atoms with van der Waals surface area (Å²) in [5.74, 6) is -1.00. The lowest BCUT2D eigenvalue weighted by atomic mass is 10.1. The highest BCUT2D eigenvalue weighted by atomic mass is 16.4. The van der Waals surface area contributed by atoms with Crippen molar-refractivity contribution in [3.63, 3.8) is 0 Å². The van der Waals surface area contributed by atoms with E-state index < -0.39 is 5.97 Å². The standard InChI is InChI=1S/C12H16N2O2/c1-9(13-14-10(2)12(15)16)8-11-6-4-3-5-7-11/h3-7,9,13H,8H2,1-2H3,(H,15,16)/b14-10+. The van der Waals surface area contributed by atoms with Gasteiger partial charge < -0.3 is 10.5 Å². The first-order chi connectivity index (χ1) is 7.59. The minimum Gasteiger partial charge on any atom is -0.477 e. The van der Waals surface area contributed by atoms with Crippen LogP contribution in [0.15, 0.2) is 35.4 Å². The fourth-order valence-corrected chi connectivity index (χ4v) is 1.27. The van der Waals surface area contributed by atoms with Gasteiger partial charge in [-0.25, -0.2) is 4.79 Å². The third-order valence-electron chi connectivity index (χ3n) is 2.15. The molecule has 86 valence electrons. The van der Waals surface area contributed by atoms with Crippen molar-refractivity contribution in [1.29, 1.82) is 0 Å². The number of hydrazone groups is 1. The van der Waals surface area contributed by atoms with Gasteiger partial charge in [0.05, 0.1) is 0 Å². The van der Waals surface area contributed by atoms with Gasteiger partial charge in [-0.15, -0.1) is 0 Å². The van der Waals surface area contributed by atoms with Gasteiger partial charge in [-0.1, -0.05) is 30.3 Å². The fourth-order valence-electron chi connectivity index (χ4n) is 1.27. The molecule has 0 saturated heterocycles. The van der Waals surface area contributed by atoms with Crippen LogP contribution in [0.5, 0.6) is 0 Å². The van der Waals surface area contributed by atoms with E-state index in [4.69, 9.17) is 5.11 Å². The van der Waals surface area contributed by atoms with Crippen molar-refractivity contribution in [3.05, 3.63) is 35.9 Å². The highest BCUT2D eigenvalue weighted by Gasteiger charge is 2.04. The second-order valence-electron chi connectivity index (χ2n) is 3.72. The van der Waals surface area contributed by atoms with Gasteiger partial charge in [-0.05, 0) is 25.8 Å². The minimum absolute atomic E-state index is 0.0694. The number of hydrogen-bond donors (Lipinski definition) is 2. The lowest BCUT2D eigenvalue weighted by molar-refractivity contribution is -0.129. The van der Waals surface area contributed by atoms with E-state index in [0.717, 1.165) is 6.42 Å². The third kappa shape index (κ3) is 4.13. The number of benzene rings is 1. The number of nitrogens with one attached hydrogen (secondary N) is 1. The Labute approximate surface area is 95.0 Å². The van der Waals surface area contributed by atoms with E-state index in [1.165, 1.54) is 12.5 Å². The molecule has 1 atom stereocenters. The van der Waals surface area contributed by atoms with Gasteiger partial charge in [-0.2, -0.15) is 5.10 Å². The quantitative estimate of drug-likeness (QED) is 0.586. The topological polar surface area (TPSA) is 61.7 Å². The lowest BCUT2D eigenvalue weighted by Crippen LogP contribution is -2.25. The molecule has 1 aromatic rings. The maximum atomic E-state index is 10.5. The van der Waals surface area contributed by atoms with Crippen LogP contribution < -0.4 is 5.43 Å². The molecule has 1 aromatic carbocycles. The maximum Gasteiger partial charge on any atom is 0.351 e. The van der Waals surface area contributed by atoms with E-state index in [2.05, 4.69) is 10.5 Å². The predicted molar refractivity (Wildman–Crippen MR) is 63.5 cm³/mol. The first-order valence-electron chi connectivity index (χ1n) is 5.16. The second-order valence-corrected chi connectivity index (χ2v) is 3.72. The largest absolute Gasteiger partial charge is 0.477 e. The van der Waals surface area contributed by atoms with Crippen molar-refractivity contribution in [2.24, 2.45) is 5.10 Å². The Kier molecular flexibility index (Phi) is 4.51. The van der Waals surface area contributed by atoms with Crippen molar-refractivity contribution in [2.75, 3.05) is 0 Å². The van der Waals surface area contributed by atoms with Crippen LogP contribution in [0, 0.1) is 0 Å². The van der Waals surface area contributed by atoms with Gasteiger partial charge in [0.15, 0.2) is 0 Å². The van der Waals surface area contributed by atoms with E-state index in [1.54, 1.807) is 0 Å². The first-order valence-corrected chi connectivity index (χ1v) is 5.16. The number of hydrogen-bond acceptors (Lipinski definition) is 3. The lowest BCUT2D eigenvalue weighted by Gasteiger charge is -2.11. The third-order valence-corrected chi connectivity index (χ3v) is 2.15. The van der Waals surface area contributed by atoms with Gasteiger partial charge in [0.1, 0.15) is 5.71 Å². The Balaban J connectivity index is 2.46. The van der Waals surface area contributed by atoms with Crippen LogP contribution in [-0.2, 0) is 11.2 Å². The summed E-state index contributed by atoms with van der Waals surface area (Å²) in [5.41, 5.74) is 4.09. The molecule has 0 aliphatic carbocycles. The van der Waals surface area contributed by atoms with Crippen molar-refractivity contribution >= 4 is 11.7 Å². The molecule has 1 rings (SSSR count). The summed E-state index contributed by atoms with van der Waals surface area (Å²) in [6, 6.07) is 10.1. The van der Waals surface area contributed by atoms with Crippen LogP contribution in [0.4, 0.5) is 0 Å².